The highest BCUT2D eigenvalue weighted by molar-refractivity contribution is 6.35. The van der Waals surface area contributed by atoms with Gasteiger partial charge in [0.1, 0.15) is 6.54 Å². The highest BCUT2D eigenvalue weighted by Gasteiger charge is 2.19. The summed E-state index contributed by atoms with van der Waals surface area (Å²) in [5, 5.41) is 3.60. The summed E-state index contributed by atoms with van der Waals surface area (Å²) in [5.74, 6) is -0.488. The number of hydrogen-bond donors (Lipinski definition) is 1. The monoisotopic (exact) mass is 449 g/mol. The lowest BCUT2D eigenvalue weighted by Gasteiger charge is -2.22. The molecule has 0 aromatic heterocycles. The highest BCUT2D eigenvalue weighted by Crippen LogP contribution is 2.25. The van der Waals surface area contributed by atoms with Gasteiger partial charge in [-0.15, -0.1) is 0 Å². The number of carbonyl (C=O) groups excluding carboxylic acids is 2. The first kappa shape index (κ1) is 24.2. The summed E-state index contributed by atoms with van der Waals surface area (Å²) in [4.78, 5) is 29.4. The van der Waals surface area contributed by atoms with Crippen LogP contribution in [-0.4, -0.2) is 47.8 Å². The van der Waals surface area contributed by atoms with Crippen molar-refractivity contribution in [2.24, 2.45) is 0 Å². The van der Waals surface area contributed by atoms with Crippen molar-refractivity contribution in [3.05, 3.63) is 63.6 Å². The topological polar surface area (TPSA) is 52.7 Å². The molecule has 5 nitrogen and oxygen atoms in total. The van der Waals surface area contributed by atoms with Crippen LogP contribution in [0.5, 0.6) is 0 Å². The third kappa shape index (κ3) is 7.01. The number of amides is 2. The maximum absolute atomic E-state index is 13.0. The van der Waals surface area contributed by atoms with Crippen LogP contribution < -0.4 is 5.32 Å². The Bertz CT molecular complexity index is 852. The fraction of sp³-hybridized carbons (Fsp3) is 0.391. The first-order chi connectivity index (χ1) is 14.4. The van der Waals surface area contributed by atoms with Crippen molar-refractivity contribution in [3.63, 3.8) is 0 Å². The van der Waals surface area contributed by atoms with Gasteiger partial charge in [0, 0.05) is 23.7 Å². The van der Waals surface area contributed by atoms with Crippen molar-refractivity contribution in [3.8, 4) is 0 Å². The van der Waals surface area contributed by atoms with E-state index in [0.717, 1.165) is 31.6 Å². The molecule has 0 atom stereocenters. The smallest absolute Gasteiger partial charge is 0.254 e. The van der Waals surface area contributed by atoms with Gasteiger partial charge in [-0.1, -0.05) is 56.1 Å². The van der Waals surface area contributed by atoms with Gasteiger partial charge in [-0.2, -0.15) is 0 Å². The predicted octanol–water partition coefficient (Wildman–Crippen LogP) is 5.33. The number of nitrogens with one attached hydrogen (secondary N) is 1. The van der Waals surface area contributed by atoms with E-state index < -0.39 is 0 Å². The van der Waals surface area contributed by atoms with Gasteiger partial charge in [-0.3, -0.25) is 14.5 Å². The van der Waals surface area contributed by atoms with Gasteiger partial charge in [-0.25, -0.2) is 0 Å². The Labute approximate surface area is 189 Å². The van der Waals surface area contributed by atoms with Crippen molar-refractivity contribution < 1.29 is 9.59 Å². The summed E-state index contributed by atoms with van der Waals surface area (Å²) in [5.41, 5.74) is 2.16. The van der Waals surface area contributed by atoms with Gasteiger partial charge in [0.05, 0.1) is 10.7 Å². The lowest BCUT2D eigenvalue weighted by atomic mass is 10.1. The molecule has 0 fully saturated rings. The van der Waals surface area contributed by atoms with Gasteiger partial charge in [0.25, 0.3) is 5.91 Å². The average Bonchev–Trinajstić information content (AvgIpc) is 2.74. The zero-order chi connectivity index (χ0) is 22.1. The van der Waals surface area contributed by atoms with Crippen LogP contribution in [0.3, 0.4) is 0 Å². The summed E-state index contributed by atoms with van der Waals surface area (Å²) in [6.45, 7) is 9.47. The van der Waals surface area contributed by atoms with Crippen molar-refractivity contribution in [1.29, 1.82) is 0 Å². The van der Waals surface area contributed by atoms with E-state index in [0.29, 0.717) is 27.8 Å². The molecule has 0 saturated heterocycles. The quantitative estimate of drug-likeness (QED) is 0.533. The van der Waals surface area contributed by atoms with Crippen molar-refractivity contribution in [2.75, 3.05) is 31.5 Å². The molecule has 2 aromatic rings. The van der Waals surface area contributed by atoms with Crippen LogP contribution in [0.2, 0.25) is 10.0 Å². The molecule has 1 N–H and O–H groups in total. The number of benzene rings is 2. The van der Waals surface area contributed by atoms with E-state index in [1.807, 2.05) is 31.2 Å². The second-order valence-electron chi connectivity index (χ2n) is 7.06. The lowest BCUT2D eigenvalue weighted by Crippen LogP contribution is -2.38. The molecule has 0 aliphatic rings. The molecule has 0 saturated carbocycles. The third-order valence-electron chi connectivity index (χ3n) is 4.82. The zero-order valence-corrected chi connectivity index (χ0v) is 19.3. The summed E-state index contributed by atoms with van der Waals surface area (Å²) >= 11 is 12.1. The van der Waals surface area contributed by atoms with E-state index in [1.54, 1.807) is 23.1 Å². The predicted molar refractivity (Wildman–Crippen MR) is 124 cm³/mol. The van der Waals surface area contributed by atoms with Crippen molar-refractivity contribution in [1.82, 2.24) is 9.80 Å². The van der Waals surface area contributed by atoms with Crippen LogP contribution in [-0.2, 0) is 11.3 Å². The molecule has 0 heterocycles. The van der Waals surface area contributed by atoms with Crippen molar-refractivity contribution >= 4 is 40.7 Å². The third-order valence-corrected chi connectivity index (χ3v) is 5.38. The highest BCUT2D eigenvalue weighted by atomic mass is 35.5. The normalized spacial score (nSPS) is 10.9. The maximum Gasteiger partial charge on any atom is 0.254 e. The standard InChI is InChI=1S/C23H29Cl2N3O2/c1-4-13-28(16-22(29)26-21-14-19(24)11-12-20(21)25)23(30)18-9-7-17(8-10-18)15-27(5-2)6-3/h7-12,14H,4-6,13,15-16H2,1-3H3,(H,26,29). The summed E-state index contributed by atoms with van der Waals surface area (Å²) in [6, 6.07) is 12.5. The maximum atomic E-state index is 13.0. The second kappa shape index (κ2) is 11.9. The summed E-state index contributed by atoms with van der Waals surface area (Å²) < 4.78 is 0. The van der Waals surface area contributed by atoms with E-state index in [9.17, 15) is 9.59 Å². The molecule has 0 unspecified atom stereocenters. The van der Waals surface area contributed by atoms with E-state index in [2.05, 4.69) is 24.1 Å². The first-order valence-corrected chi connectivity index (χ1v) is 11.0. The molecule has 30 heavy (non-hydrogen) atoms. The number of anilines is 1. The molecule has 0 bridgehead atoms. The van der Waals surface area contributed by atoms with Gasteiger partial charge in [-0.05, 0) is 55.4 Å². The number of nitrogens with zero attached hydrogens (tertiary/aromatic N) is 2. The fourth-order valence-electron chi connectivity index (χ4n) is 3.12. The lowest BCUT2D eigenvalue weighted by molar-refractivity contribution is -0.116. The number of carbonyl (C=O) groups is 2. The number of hydrogen-bond acceptors (Lipinski definition) is 3. The number of rotatable bonds is 10. The Morgan fingerprint density at radius 1 is 0.967 bits per heavy atom. The molecule has 0 radical (unpaired) electrons. The van der Waals surface area contributed by atoms with Crippen LogP contribution in [0.4, 0.5) is 5.69 Å². The Balaban J connectivity index is 2.06. The van der Waals surface area contributed by atoms with E-state index >= 15 is 0 Å². The van der Waals surface area contributed by atoms with Crippen LogP contribution in [0.25, 0.3) is 0 Å². The molecule has 7 heteroatoms. The molecular weight excluding hydrogens is 421 g/mol. The zero-order valence-electron chi connectivity index (χ0n) is 17.8. The van der Waals surface area contributed by atoms with E-state index in [4.69, 9.17) is 23.2 Å². The van der Waals surface area contributed by atoms with Gasteiger partial charge in [0.2, 0.25) is 5.91 Å². The SMILES string of the molecule is CCCN(CC(=O)Nc1cc(Cl)ccc1Cl)C(=O)c1ccc(CN(CC)CC)cc1. The molecule has 2 rings (SSSR count). The van der Waals surface area contributed by atoms with Crippen LogP contribution in [0.1, 0.15) is 43.1 Å². The first-order valence-electron chi connectivity index (χ1n) is 10.2. The largest absolute Gasteiger partial charge is 0.329 e. The molecule has 2 aromatic carbocycles. The van der Waals surface area contributed by atoms with Crippen LogP contribution in [0.15, 0.2) is 42.5 Å². The molecule has 2 amide bonds. The molecular formula is C23H29Cl2N3O2. The van der Waals surface area contributed by atoms with Crippen LogP contribution in [0, 0.1) is 0 Å². The minimum absolute atomic E-state index is 0.0588. The Morgan fingerprint density at radius 3 is 2.23 bits per heavy atom. The summed E-state index contributed by atoms with van der Waals surface area (Å²) in [7, 11) is 0. The minimum atomic E-state index is -0.320. The Morgan fingerprint density at radius 2 is 1.63 bits per heavy atom. The molecule has 162 valence electrons. The van der Waals surface area contributed by atoms with Gasteiger partial charge in [0.15, 0.2) is 0 Å². The average molecular weight is 450 g/mol. The fourth-order valence-corrected chi connectivity index (χ4v) is 3.46. The Hall–Kier alpha value is -2.08. The second-order valence-corrected chi connectivity index (χ2v) is 7.90. The summed E-state index contributed by atoms with van der Waals surface area (Å²) in [6.07, 6.45) is 0.747. The van der Waals surface area contributed by atoms with Crippen LogP contribution >= 0.6 is 23.2 Å². The molecule has 0 aliphatic carbocycles. The molecule has 0 spiro atoms. The minimum Gasteiger partial charge on any atom is -0.329 e. The van der Waals surface area contributed by atoms with E-state index in [-0.39, 0.29) is 18.4 Å². The molecule has 0 aliphatic heterocycles. The van der Waals surface area contributed by atoms with Gasteiger partial charge >= 0.3 is 0 Å². The van der Waals surface area contributed by atoms with E-state index in [1.165, 1.54) is 0 Å². The Kier molecular flexibility index (Phi) is 9.63. The van der Waals surface area contributed by atoms with Crippen molar-refractivity contribution in [2.45, 2.75) is 33.7 Å². The number of halogens is 2. The van der Waals surface area contributed by atoms with Gasteiger partial charge < -0.3 is 10.2 Å².